The van der Waals surface area contributed by atoms with Crippen LogP contribution in [0.25, 0.3) is 0 Å². The first-order valence-electron chi connectivity index (χ1n) is 5.27. The van der Waals surface area contributed by atoms with Gasteiger partial charge in [-0.25, -0.2) is 0 Å². The molecule has 0 aliphatic carbocycles. The van der Waals surface area contributed by atoms with E-state index >= 15 is 0 Å². The lowest BCUT2D eigenvalue weighted by molar-refractivity contribution is 0.0840. The summed E-state index contributed by atoms with van der Waals surface area (Å²) in [5.74, 6) is 0.545. The summed E-state index contributed by atoms with van der Waals surface area (Å²) in [4.78, 5) is 2.42. The largest absolute Gasteiger partial charge is 0.396 e. The molecular weight excluding hydrogens is 166 g/mol. The molecule has 0 spiro atoms. The van der Waals surface area contributed by atoms with E-state index < -0.39 is 0 Å². The average molecular weight is 187 g/mol. The summed E-state index contributed by atoms with van der Waals surface area (Å²) in [6.45, 7) is 7.34. The molecule has 13 heavy (non-hydrogen) atoms. The van der Waals surface area contributed by atoms with E-state index in [1.165, 1.54) is 0 Å². The van der Waals surface area contributed by atoms with Crippen molar-refractivity contribution in [2.24, 2.45) is 5.92 Å². The van der Waals surface area contributed by atoms with Gasteiger partial charge in [0.1, 0.15) is 0 Å². The zero-order valence-corrected chi connectivity index (χ0v) is 8.54. The Hall–Kier alpha value is -0.120. The van der Waals surface area contributed by atoms with Gasteiger partial charge in [-0.2, -0.15) is 0 Å². The SMILES string of the molecule is CCOCCN1CCC(CO)CC1. The van der Waals surface area contributed by atoms with Gasteiger partial charge in [0, 0.05) is 19.8 Å². The summed E-state index contributed by atoms with van der Waals surface area (Å²) in [6, 6.07) is 0. The first kappa shape index (κ1) is 11.0. The van der Waals surface area contributed by atoms with Gasteiger partial charge in [-0.15, -0.1) is 0 Å². The normalized spacial score (nSPS) is 20.8. The molecule has 1 aliphatic rings. The lowest BCUT2D eigenvalue weighted by Gasteiger charge is -2.30. The zero-order chi connectivity index (χ0) is 9.52. The highest BCUT2D eigenvalue weighted by Gasteiger charge is 2.17. The van der Waals surface area contributed by atoms with E-state index in [4.69, 9.17) is 9.84 Å². The average Bonchev–Trinajstić information content (AvgIpc) is 2.19. The Morgan fingerprint density at radius 2 is 2.08 bits per heavy atom. The number of likely N-dealkylation sites (tertiary alicyclic amines) is 1. The van der Waals surface area contributed by atoms with Gasteiger partial charge in [-0.05, 0) is 38.8 Å². The maximum Gasteiger partial charge on any atom is 0.0593 e. The molecule has 0 atom stereocenters. The summed E-state index contributed by atoms with van der Waals surface area (Å²) in [5.41, 5.74) is 0. The lowest BCUT2D eigenvalue weighted by atomic mass is 9.98. The molecule has 1 heterocycles. The Morgan fingerprint density at radius 3 is 2.62 bits per heavy atom. The smallest absolute Gasteiger partial charge is 0.0593 e. The maximum atomic E-state index is 8.95. The third kappa shape index (κ3) is 4.07. The summed E-state index contributed by atoms with van der Waals surface area (Å²) >= 11 is 0. The monoisotopic (exact) mass is 187 g/mol. The van der Waals surface area contributed by atoms with Crippen LogP contribution in [0, 0.1) is 5.92 Å². The second kappa shape index (κ2) is 6.35. The van der Waals surface area contributed by atoms with E-state index in [9.17, 15) is 0 Å². The number of aliphatic hydroxyl groups excluding tert-OH is 1. The van der Waals surface area contributed by atoms with Gasteiger partial charge in [-0.1, -0.05) is 0 Å². The van der Waals surface area contributed by atoms with Crippen LogP contribution in [0.1, 0.15) is 19.8 Å². The second-order valence-corrected chi connectivity index (χ2v) is 3.66. The number of hydrogen-bond acceptors (Lipinski definition) is 3. The van der Waals surface area contributed by atoms with Crippen LogP contribution < -0.4 is 0 Å². The molecule has 3 heteroatoms. The molecular formula is C10H21NO2. The molecule has 0 bridgehead atoms. The third-order valence-electron chi connectivity index (χ3n) is 2.72. The van der Waals surface area contributed by atoms with Gasteiger partial charge < -0.3 is 14.7 Å². The van der Waals surface area contributed by atoms with Gasteiger partial charge in [0.15, 0.2) is 0 Å². The van der Waals surface area contributed by atoms with E-state index in [2.05, 4.69) is 4.90 Å². The predicted molar refractivity (Wildman–Crippen MR) is 52.7 cm³/mol. The number of hydrogen-bond donors (Lipinski definition) is 1. The van der Waals surface area contributed by atoms with Crippen molar-refractivity contribution in [1.82, 2.24) is 4.90 Å². The first-order chi connectivity index (χ1) is 6.36. The number of piperidine rings is 1. The number of ether oxygens (including phenoxy) is 1. The van der Waals surface area contributed by atoms with Crippen LogP contribution in [-0.4, -0.2) is 49.5 Å². The Morgan fingerprint density at radius 1 is 1.38 bits per heavy atom. The summed E-state index contributed by atoms with van der Waals surface area (Å²) in [7, 11) is 0. The molecule has 1 rings (SSSR count). The number of rotatable bonds is 5. The second-order valence-electron chi connectivity index (χ2n) is 3.66. The fraction of sp³-hybridized carbons (Fsp3) is 1.00. The molecule has 1 saturated heterocycles. The Bertz CT molecular complexity index is 119. The summed E-state index contributed by atoms with van der Waals surface area (Å²) in [5, 5.41) is 8.95. The maximum absolute atomic E-state index is 8.95. The molecule has 0 aromatic rings. The van der Waals surface area contributed by atoms with Crippen molar-refractivity contribution in [2.45, 2.75) is 19.8 Å². The molecule has 0 radical (unpaired) electrons. The predicted octanol–water partition coefficient (Wildman–Crippen LogP) is 0.727. The highest BCUT2D eigenvalue weighted by Crippen LogP contribution is 2.15. The van der Waals surface area contributed by atoms with E-state index in [-0.39, 0.29) is 0 Å². The molecule has 0 unspecified atom stereocenters. The van der Waals surface area contributed by atoms with Crippen LogP contribution in [0.3, 0.4) is 0 Å². The minimum Gasteiger partial charge on any atom is -0.396 e. The molecule has 0 saturated carbocycles. The van der Waals surface area contributed by atoms with Crippen molar-refractivity contribution in [3.8, 4) is 0 Å². The Balaban J connectivity index is 2.03. The van der Waals surface area contributed by atoms with Crippen molar-refractivity contribution in [3.05, 3.63) is 0 Å². The molecule has 1 N–H and O–H groups in total. The van der Waals surface area contributed by atoms with Crippen molar-refractivity contribution in [1.29, 1.82) is 0 Å². The van der Waals surface area contributed by atoms with E-state index in [0.29, 0.717) is 12.5 Å². The number of nitrogens with zero attached hydrogens (tertiary/aromatic N) is 1. The minimum absolute atomic E-state index is 0.360. The van der Waals surface area contributed by atoms with Crippen molar-refractivity contribution >= 4 is 0 Å². The molecule has 0 aromatic carbocycles. The molecule has 1 aliphatic heterocycles. The summed E-state index contributed by atoms with van der Waals surface area (Å²) in [6.07, 6.45) is 2.28. The van der Waals surface area contributed by atoms with Crippen LogP contribution in [0.4, 0.5) is 0 Å². The Labute approximate surface area is 80.7 Å². The quantitative estimate of drug-likeness (QED) is 0.644. The van der Waals surface area contributed by atoms with Crippen LogP contribution in [-0.2, 0) is 4.74 Å². The molecule has 3 nitrogen and oxygen atoms in total. The van der Waals surface area contributed by atoms with Crippen LogP contribution >= 0.6 is 0 Å². The van der Waals surface area contributed by atoms with Gasteiger partial charge in [0.2, 0.25) is 0 Å². The van der Waals surface area contributed by atoms with E-state index in [1.54, 1.807) is 0 Å². The first-order valence-corrected chi connectivity index (χ1v) is 5.27. The Kier molecular flexibility index (Phi) is 5.35. The van der Waals surface area contributed by atoms with Crippen LogP contribution in [0.15, 0.2) is 0 Å². The van der Waals surface area contributed by atoms with Crippen molar-refractivity contribution in [3.63, 3.8) is 0 Å². The highest BCUT2D eigenvalue weighted by molar-refractivity contribution is 4.71. The summed E-state index contributed by atoms with van der Waals surface area (Å²) < 4.78 is 5.30. The fourth-order valence-corrected chi connectivity index (χ4v) is 1.73. The zero-order valence-electron chi connectivity index (χ0n) is 8.54. The number of aliphatic hydroxyl groups is 1. The fourth-order valence-electron chi connectivity index (χ4n) is 1.73. The van der Waals surface area contributed by atoms with Crippen LogP contribution in [0.5, 0.6) is 0 Å². The van der Waals surface area contributed by atoms with Crippen LogP contribution in [0.2, 0.25) is 0 Å². The highest BCUT2D eigenvalue weighted by atomic mass is 16.5. The van der Waals surface area contributed by atoms with Gasteiger partial charge >= 0.3 is 0 Å². The minimum atomic E-state index is 0.360. The lowest BCUT2D eigenvalue weighted by Crippen LogP contribution is -2.36. The van der Waals surface area contributed by atoms with E-state index in [1.807, 2.05) is 6.92 Å². The van der Waals surface area contributed by atoms with Gasteiger partial charge in [0.25, 0.3) is 0 Å². The molecule has 78 valence electrons. The van der Waals surface area contributed by atoms with Crippen molar-refractivity contribution < 1.29 is 9.84 Å². The van der Waals surface area contributed by atoms with Gasteiger partial charge in [-0.3, -0.25) is 0 Å². The van der Waals surface area contributed by atoms with Crippen molar-refractivity contribution in [2.75, 3.05) is 39.5 Å². The standard InChI is InChI=1S/C10H21NO2/c1-2-13-8-7-11-5-3-10(9-12)4-6-11/h10,12H,2-9H2,1H3. The molecule has 0 aromatic heterocycles. The van der Waals surface area contributed by atoms with E-state index in [0.717, 1.165) is 45.7 Å². The third-order valence-corrected chi connectivity index (χ3v) is 2.72. The molecule has 1 fully saturated rings. The molecule has 0 amide bonds. The topological polar surface area (TPSA) is 32.7 Å². The van der Waals surface area contributed by atoms with Gasteiger partial charge in [0.05, 0.1) is 6.61 Å².